The van der Waals surface area contributed by atoms with Crippen LogP contribution in [0.5, 0.6) is 0 Å². The van der Waals surface area contributed by atoms with Crippen molar-refractivity contribution in [3.05, 3.63) is 95.2 Å². The van der Waals surface area contributed by atoms with E-state index in [1.165, 1.54) is 6.07 Å². The average Bonchev–Trinajstić information content (AvgIpc) is 3.33. The minimum Gasteiger partial charge on any atom is -0.478 e. The van der Waals surface area contributed by atoms with E-state index in [2.05, 4.69) is 4.98 Å². The molecule has 30 heavy (non-hydrogen) atoms. The molecule has 2 aromatic carbocycles. The molecular formula is C24H18FN3O2. The number of aromatic amines is 1. The van der Waals surface area contributed by atoms with Gasteiger partial charge in [-0.2, -0.15) is 0 Å². The predicted octanol–water partition coefficient (Wildman–Crippen LogP) is 5.22. The number of nitrogens with zero attached hydrogens (tertiary/aromatic N) is 2. The van der Waals surface area contributed by atoms with E-state index in [0.29, 0.717) is 23.2 Å². The molecule has 0 unspecified atom stereocenters. The molecule has 5 nitrogen and oxygen atoms in total. The number of rotatable bonds is 4. The van der Waals surface area contributed by atoms with E-state index in [1.54, 1.807) is 37.3 Å². The molecule has 0 atom stereocenters. The van der Waals surface area contributed by atoms with Gasteiger partial charge in [-0.1, -0.05) is 24.3 Å². The van der Waals surface area contributed by atoms with E-state index in [9.17, 15) is 14.3 Å². The number of aromatic carboxylic acids is 1. The Kier molecular flexibility index (Phi) is 4.13. The Morgan fingerprint density at radius 1 is 1.13 bits per heavy atom. The second-order valence-corrected chi connectivity index (χ2v) is 7.27. The third kappa shape index (κ3) is 2.76. The number of aromatic nitrogens is 3. The van der Waals surface area contributed by atoms with Crippen molar-refractivity contribution < 1.29 is 14.3 Å². The van der Waals surface area contributed by atoms with Gasteiger partial charge in [0.25, 0.3) is 0 Å². The molecule has 0 aliphatic heterocycles. The number of nitrogens with one attached hydrogen (secondary N) is 1. The van der Waals surface area contributed by atoms with Gasteiger partial charge < -0.3 is 14.5 Å². The summed E-state index contributed by atoms with van der Waals surface area (Å²) in [4.78, 5) is 19.8. The quantitative estimate of drug-likeness (QED) is 0.435. The van der Waals surface area contributed by atoms with Crippen molar-refractivity contribution >= 4 is 22.5 Å². The maximum absolute atomic E-state index is 14.2. The molecule has 0 amide bonds. The molecule has 0 saturated heterocycles. The first-order valence-electron chi connectivity index (χ1n) is 9.58. The van der Waals surface area contributed by atoms with Crippen LogP contribution in [0.1, 0.15) is 27.2 Å². The van der Waals surface area contributed by atoms with Crippen molar-refractivity contribution in [3.63, 3.8) is 0 Å². The molecule has 3 aromatic heterocycles. The third-order valence-corrected chi connectivity index (χ3v) is 5.52. The summed E-state index contributed by atoms with van der Waals surface area (Å²) in [7, 11) is 0. The first kappa shape index (κ1) is 18.1. The monoisotopic (exact) mass is 399 g/mol. The predicted molar refractivity (Wildman–Crippen MR) is 113 cm³/mol. The minimum absolute atomic E-state index is 0.198. The first-order chi connectivity index (χ1) is 14.5. The van der Waals surface area contributed by atoms with Crippen LogP contribution in [0.4, 0.5) is 4.39 Å². The van der Waals surface area contributed by atoms with Crippen LogP contribution in [0, 0.1) is 12.7 Å². The highest BCUT2D eigenvalue weighted by Gasteiger charge is 2.21. The molecule has 148 valence electrons. The first-order valence-corrected chi connectivity index (χ1v) is 9.58. The fourth-order valence-corrected chi connectivity index (χ4v) is 4.08. The number of aryl methyl sites for hydroxylation is 1. The fraction of sp³-hybridized carbons (Fsp3) is 0.0833. The van der Waals surface area contributed by atoms with Crippen LogP contribution in [0.2, 0.25) is 0 Å². The van der Waals surface area contributed by atoms with Gasteiger partial charge in [-0.15, -0.1) is 0 Å². The summed E-state index contributed by atoms with van der Waals surface area (Å²) < 4.78 is 16.2. The van der Waals surface area contributed by atoms with Crippen molar-refractivity contribution in [2.75, 3.05) is 0 Å². The second-order valence-electron chi connectivity index (χ2n) is 7.27. The second kappa shape index (κ2) is 6.84. The molecule has 5 aromatic rings. The Morgan fingerprint density at radius 3 is 2.77 bits per heavy atom. The Balaban J connectivity index is 1.76. The van der Waals surface area contributed by atoms with E-state index >= 15 is 0 Å². The standard InChI is InChI=1S/C24H18FN3O2/c1-14-18(25)9-10-19-22(14)15(13-26-19)12-20-23(27-21-8-4-5-11-28(20)21)16-6-2-3-7-17(16)24(29)30/h2-11,13,26H,12H2,1H3,(H,29,30). The number of halogens is 1. The number of fused-ring (bicyclic) bond motifs is 2. The largest absolute Gasteiger partial charge is 0.478 e. The SMILES string of the molecule is Cc1c(F)ccc2[nH]cc(Cc3c(-c4ccccc4C(=O)O)nc4ccccn34)c12. The Bertz CT molecular complexity index is 1430. The zero-order valence-corrected chi connectivity index (χ0v) is 16.2. The van der Waals surface area contributed by atoms with Gasteiger partial charge in [0.1, 0.15) is 11.5 Å². The molecule has 0 saturated carbocycles. The van der Waals surface area contributed by atoms with Gasteiger partial charge in [-0.3, -0.25) is 0 Å². The number of imidazole rings is 1. The van der Waals surface area contributed by atoms with Gasteiger partial charge >= 0.3 is 5.97 Å². The molecule has 6 heteroatoms. The van der Waals surface area contributed by atoms with Gasteiger partial charge in [-0.05, 0) is 48.4 Å². The summed E-state index contributed by atoms with van der Waals surface area (Å²) in [6.07, 6.45) is 4.26. The summed E-state index contributed by atoms with van der Waals surface area (Å²) >= 11 is 0. The molecule has 0 bridgehead atoms. The molecule has 0 radical (unpaired) electrons. The van der Waals surface area contributed by atoms with Gasteiger partial charge in [0.05, 0.1) is 17.0 Å². The molecule has 0 aliphatic rings. The summed E-state index contributed by atoms with van der Waals surface area (Å²) in [6, 6.07) is 15.7. The van der Waals surface area contributed by atoms with Crippen LogP contribution in [-0.4, -0.2) is 25.4 Å². The van der Waals surface area contributed by atoms with Crippen molar-refractivity contribution in [2.24, 2.45) is 0 Å². The average molecular weight is 399 g/mol. The maximum Gasteiger partial charge on any atom is 0.336 e. The van der Waals surface area contributed by atoms with Gasteiger partial charge in [0, 0.05) is 35.3 Å². The highest BCUT2D eigenvalue weighted by atomic mass is 19.1. The van der Waals surface area contributed by atoms with E-state index in [1.807, 2.05) is 35.0 Å². The number of carboxylic acid groups (broad SMARTS) is 1. The Labute approximate surface area is 171 Å². The maximum atomic E-state index is 14.2. The molecular weight excluding hydrogens is 381 g/mol. The number of carboxylic acids is 1. The lowest BCUT2D eigenvalue weighted by molar-refractivity contribution is 0.0697. The lowest BCUT2D eigenvalue weighted by atomic mass is 9.98. The Hall–Kier alpha value is -3.93. The van der Waals surface area contributed by atoms with Crippen LogP contribution in [0.25, 0.3) is 27.8 Å². The molecule has 2 N–H and O–H groups in total. The summed E-state index contributed by atoms with van der Waals surface area (Å²) in [5.41, 5.74) is 5.34. The Morgan fingerprint density at radius 2 is 1.93 bits per heavy atom. The molecule has 0 spiro atoms. The van der Waals surface area contributed by atoms with Crippen molar-refractivity contribution in [1.29, 1.82) is 0 Å². The number of pyridine rings is 1. The molecule has 5 rings (SSSR count). The zero-order valence-electron chi connectivity index (χ0n) is 16.2. The lowest BCUT2D eigenvalue weighted by Gasteiger charge is -2.08. The molecule has 0 aliphatic carbocycles. The summed E-state index contributed by atoms with van der Waals surface area (Å²) in [6.45, 7) is 1.77. The number of H-pyrrole nitrogens is 1. The number of hydrogen-bond acceptors (Lipinski definition) is 2. The summed E-state index contributed by atoms with van der Waals surface area (Å²) in [5, 5.41) is 10.5. The topological polar surface area (TPSA) is 70.4 Å². The van der Waals surface area contributed by atoms with Crippen LogP contribution in [0.15, 0.2) is 67.0 Å². The van der Waals surface area contributed by atoms with Crippen molar-refractivity contribution in [2.45, 2.75) is 13.3 Å². The highest BCUT2D eigenvalue weighted by molar-refractivity contribution is 5.96. The van der Waals surface area contributed by atoms with E-state index in [4.69, 9.17) is 4.98 Å². The van der Waals surface area contributed by atoms with Crippen LogP contribution >= 0.6 is 0 Å². The highest BCUT2D eigenvalue weighted by Crippen LogP contribution is 2.32. The van der Waals surface area contributed by atoms with E-state index < -0.39 is 5.97 Å². The zero-order chi connectivity index (χ0) is 20.8. The van der Waals surface area contributed by atoms with Crippen LogP contribution in [-0.2, 0) is 6.42 Å². The van der Waals surface area contributed by atoms with Crippen molar-refractivity contribution in [3.8, 4) is 11.3 Å². The van der Waals surface area contributed by atoms with Crippen molar-refractivity contribution in [1.82, 2.24) is 14.4 Å². The van der Waals surface area contributed by atoms with Gasteiger partial charge in [0.2, 0.25) is 0 Å². The van der Waals surface area contributed by atoms with Crippen LogP contribution in [0.3, 0.4) is 0 Å². The normalized spacial score (nSPS) is 11.4. The molecule has 3 heterocycles. The van der Waals surface area contributed by atoms with E-state index in [0.717, 1.165) is 27.8 Å². The lowest BCUT2D eigenvalue weighted by Crippen LogP contribution is -2.02. The third-order valence-electron chi connectivity index (χ3n) is 5.52. The molecule has 0 fully saturated rings. The summed E-state index contributed by atoms with van der Waals surface area (Å²) in [5.74, 6) is -1.25. The fourth-order valence-electron chi connectivity index (χ4n) is 4.08. The minimum atomic E-state index is -1.00. The number of benzene rings is 2. The number of carbonyl (C=O) groups is 1. The van der Waals surface area contributed by atoms with Gasteiger partial charge in [-0.25, -0.2) is 14.2 Å². The smallest absolute Gasteiger partial charge is 0.336 e. The van der Waals surface area contributed by atoms with E-state index in [-0.39, 0.29) is 11.4 Å². The van der Waals surface area contributed by atoms with Gasteiger partial charge in [0.15, 0.2) is 0 Å². The number of hydrogen-bond donors (Lipinski definition) is 2. The van der Waals surface area contributed by atoms with Crippen LogP contribution < -0.4 is 0 Å².